The summed E-state index contributed by atoms with van der Waals surface area (Å²) in [5.74, 6) is 1.02. The molecule has 21 nitrogen and oxygen atoms in total. The zero-order chi connectivity index (χ0) is 81.8. The highest BCUT2D eigenvalue weighted by atomic mass is 127. The highest BCUT2D eigenvalue weighted by Gasteiger charge is 2.39. The van der Waals surface area contributed by atoms with Gasteiger partial charge in [-0.2, -0.15) is 0 Å². The molecule has 12 rings (SSSR count). The van der Waals surface area contributed by atoms with Crippen LogP contribution in [0.15, 0.2) is 182 Å². The Morgan fingerprint density at radius 3 is 1.01 bits per heavy atom. The van der Waals surface area contributed by atoms with Crippen molar-refractivity contribution in [1.82, 2.24) is 0 Å². The Morgan fingerprint density at radius 2 is 0.667 bits per heavy atom. The van der Waals surface area contributed by atoms with Crippen LogP contribution in [0.25, 0.3) is 32.3 Å². The van der Waals surface area contributed by atoms with Gasteiger partial charge in [-0.25, -0.2) is 14.4 Å². The van der Waals surface area contributed by atoms with Crippen molar-refractivity contribution in [3.05, 3.63) is 202 Å². The number of hydrogen-bond donors (Lipinski definition) is 2. The minimum absolute atomic E-state index is 0.00697. The van der Waals surface area contributed by atoms with E-state index in [1.54, 1.807) is 93.8 Å². The van der Waals surface area contributed by atoms with E-state index in [2.05, 4.69) is 85.8 Å². The van der Waals surface area contributed by atoms with Gasteiger partial charge in [0.2, 0.25) is 17.7 Å². The molecule has 0 aliphatic heterocycles. The van der Waals surface area contributed by atoms with E-state index in [0.29, 0.717) is 57.8 Å². The molecular formula is C92H110IN3O18. The van der Waals surface area contributed by atoms with E-state index in [0.717, 1.165) is 98.6 Å². The number of halogens is 1. The molecule has 22 heteroatoms. The van der Waals surface area contributed by atoms with Crippen LogP contribution in [0, 0.1) is 39.1 Å². The van der Waals surface area contributed by atoms with Crippen LogP contribution in [-0.4, -0.2) is 160 Å². The van der Waals surface area contributed by atoms with E-state index in [4.69, 9.17) is 47.4 Å². The molecule has 0 radical (unpaired) electrons. The van der Waals surface area contributed by atoms with Crippen molar-refractivity contribution < 1.29 is 86.3 Å². The highest BCUT2D eigenvalue weighted by Crippen LogP contribution is 2.41. The van der Waals surface area contributed by atoms with Crippen molar-refractivity contribution in [2.24, 2.45) is 35.5 Å². The van der Waals surface area contributed by atoms with Gasteiger partial charge in [0.25, 0.3) is 0 Å². The van der Waals surface area contributed by atoms with Gasteiger partial charge in [-0.3, -0.25) is 14.4 Å². The third-order valence-corrected chi connectivity index (χ3v) is 22.4. The zero-order valence-corrected chi connectivity index (χ0v) is 69.5. The minimum Gasteiger partial charge on any atom is -0.508 e. The Hall–Kier alpha value is -9.53. The molecule has 3 saturated carbocycles. The number of phenolic OH excluding ortho intramolecular Hbond substituents is 1. The third kappa shape index (κ3) is 23.4. The number of rotatable bonds is 28. The molecule has 114 heavy (non-hydrogen) atoms. The van der Waals surface area contributed by atoms with Gasteiger partial charge in [0, 0.05) is 74.8 Å². The number of carboxylic acid groups (broad SMARTS) is 1. The van der Waals surface area contributed by atoms with Crippen molar-refractivity contribution in [2.75, 3.05) is 111 Å². The largest absolute Gasteiger partial charge is 0.508 e. The smallest absolute Gasteiger partial charge is 0.340 e. The molecule has 2 N–H and O–H groups in total. The van der Waals surface area contributed by atoms with Crippen LogP contribution in [0.1, 0.15) is 129 Å². The number of esters is 2. The lowest BCUT2D eigenvalue weighted by Crippen LogP contribution is -2.49. The number of carboxylic acids is 1. The van der Waals surface area contributed by atoms with E-state index in [-0.39, 0.29) is 97.6 Å². The fourth-order valence-electron chi connectivity index (χ4n) is 15.4. The number of carbonyl (C=O) groups excluding carboxylic acids is 5. The van der Waals surface area contributed by atoms with E-state index in [1.807, 2.05) is 84.9 Å². The average molecular weight is 1670 g/mol. The Morgan fingerprint density at radius 1 is 0.368 bits per heavy atom. The second-order valence-corrected chi connectivity index (χ2v) is 30.8. The number of carbonyl (C=O) groups is 6. The molecule has 3 aliphatic rings. The van der Waals surface area contributed by atoms with E-state index < -0.39 is 36.0 Å². The van der Waals surface area contributed by atoms with Gasteiger partial charge in [0.15, 0.2) is 0 Å². The predicted molar refractivity (Wildman–Crippen MR) is 454 cm³/mol. The monoisotopic (exact) mass is 1670 g/mol. The summed E-state index contributed by atoms with van der Waals surface area (Å²) in [5.41, 5.74) is 1.56. The van der Waals surface area contributed by atoms with E-state index in [9.17, 15) is 39.0 Å². The number of anilines is 3. The van der Waals surface area contributed by atoms with Gasteiger partial charge >= 0.3 is 17.9 Å². The van der Waals surface area contributed by atoms with Crippen molar-refractivity contribution >= 4 is 108 Å². The van der Waals surface area contributed by atoms with Crippen molar-refractivity contribution in [1.29, 1.82) is 0 Å². The summed E-state index contributed by atoms with van der Waals surface area (Å²) in [4.78, 5) is 84.2. The van der Waals surface area contributed by atoms with Gasteiger partial charge in [-0.05, 0) is 212 Å². The van der Waals surface area contributed by atoms with Crippen LogP contribution < -0.4 is 24.2 Å². The van der Waals surface area contributed by atoms with Crippen LogP contribution in [0.2, 0.25) is 0 Å². The molecule has 0 spiro atoms. The van der Waals surface area contributed by atoms with Crippen LogP contribution in [0.5, 0.6) is 28.7 Å². The Labute approximate surface area is 683 Å². The topological polar surface area (TPSA) is 245 Å². The molecule has 0 bridgehead atoms. The quantitative estimate of drug-likeness (QED) is 0.0342. The van der Waals surface area contributed by atoms with Gasteiger partial charge in [0.05, 0.1) is 106 Å². The first-order chi connectivity index (χ1) is 55.2. The molecule has 0 saturated heterocycles. The predicted octanol–water partition coefficient (Wildman–Crippen LogP) is 18.8. The summed E-state index contributed by atoms with van der Waals surface area (Å²) in [6, 6.07) is 55.3. The number of phenols is 1. The molecule has 0 atom stereocenters. The molecular weight excluding hydrogens is 1560 g/mol. The van der Waals surface area contributed by atoms with Gasteiger partial charge in [-0.1, -0.05) is 130 Å². The summed E-state index contributed by atoms with van der Waals surface area (Å²) >= 11 is 2.36. The molecule has 0 aromatic heterocycles. The maximum absolute atomic E-state index is 14.0. The fraction of sp³-hybridized carbons (Fsp3) is 0.413. The molecule has 3 fully saturated rings. The number of fused-ring (bicyclic) bond motifs is 3. The van der Waals surface area contributed by atoms with Crippen LogP contribution in [0.3, 0.4) is 0 Å². The second-order valence-electron chi connectivity index (χ2n) is 29.7. The molecule has 608 valence electrons. The minimum atomic E-state index is -1.14. The summed E-state index contributed by atoms with van der Waals surface area (Å²) < 4.78 is 56.1. The number of aromatic carboxylic acids is 1. The van der Waals surface area contributed by atoms with Crippen molar-refractivity contribution in [2.45, 2.75) is 116 Å². The molecule has 3 amide bonds. The normalized spacial score (nSPS) is 17.3. The first-order valence-corrected chi connectivity index (χ1v) is 40.2. The Bertz CT molecular complexity index is 4610. The van der Waals surface area contributed by atoms with E-state index >= 15 is 0 Å². The number of hydrogen-bond acceptors (Lipinski definition) is 17. The lowest BCUT2D eigenvalue weighted by atomic mass is 9.82. The zero-order valence-electron chi connectivity index (χ0n) is 67.4. The summed E-state index contributed by atoms with van der Waals surface area (Å²) in [6.07, 6.45) is 10.8. The van der Waals surface area contributed by atoms with Gasteiger partial charge in [-0.15, -0.1) is 0 Å². The van der Waals surface area contributed by atoms with Gasteiger partial charge < -0.3 is 72.3 Å². The first-order valence-electron chi connectivity index (χ1n) is 39.1. The number of nitrogens with zero attached hydrogens (tertiary/aromatic N) is 3. The number of methoxy groups -OCH3 is 8. The molecule has 3 aliphatic carbocycles. The average Bonchev–Trinajstić information content (AvgIpc) is 0.793. The Balaban J connectivity index is 0.000000185. The molecule has 9 aromatic carbocycles. The van der Waals surface area contributed by atoms with Crippen molar-refractivity contribution in [3.8, 4) is 28.7 Å². The van der Waals surface area contributed by atoms with Crippen LogP contribution in [-0.2, 0) is 52.3 Å². The summed E-state index contributed by atoms with van der Waals surface area (Å²) in [6.45, 7) is 8.09. The summed E-state index contributed by atoms with van der Waals surface area (Å²) in [5, 5.41) is 26.7. The van der Waals surface area contributed by atoms with Gasteiger partial charge in [0.1, 0.15) is 28.7 Å². The highest BCUT2D eigenvalue weighted by molar-refractivity contribution is 14.1. The van der Waals surface area contributed by atoms with E-state index in [1.165, 1.54) is 46.8 Å². The lowest BCUT2D eigenvalue weighted by molar-refractivity contribution is -0.125. The van der Waals surface area contributed by atoms with Crippen molar-refractivity contribution in [3.63, 3.8) is 0 Å². The summed E-state index contributed by atoms with van der Waals surface area (Å²) in [7, 11) is 12.0. The molecule has 0 heterocycles. The standard InChI is InChI=1S/C31H37NO6.C30H35NO6.C21H31NO6.C10H7I/c1-21-12-14-23(15-13-21)30(33)32(24(19-35-2)20-36-3)28-17-16-25(18-27(28)31(34)37-4)38-29-11-7-9-22-8-5-6-10-26(22)29;1-20-11-13-22(14-12-20)29(32)31(23(18-35-2)19-36-3)27-16-15-24(17-26(27)30(33)34)37-28-10-6-8-21-7-4-5-9-25(21)28;1-14-5-7-15(8-6-14)20(24)22(16(12-26-2)13-27-3)19-10-9-17(23)11-18(19)21(25)28-4;11-10-7-3-5-8-4-1-2-6-9(8)10/h5-11,16-18,21,23-24H,12-15,19-20H2,1-4H3;4-10,15-17,20,22-23H,11-14,18-19H2,1-3H3,(H,33,34);9-11,14-16,23H,5-8,12-13H2,1-4H3;1-7H. The Kier molecular flexibility index (Phi) is 34.4. The lowest BCUT2D eigenvalue weighted by Gasteiger charge is -2.36. The number of ether oxygens (including phenoxy) is 10. The van der Waals surface area contributed by atoms with Crippen LogP contribution in [0.4, 0.5) is 17.1 Å². The first kappa shape index (κ1) is 88.4. The van der Waals surface area contributed by atoms with Crippen LogP contribution >= 0.6 is 22.6 Å². The maximum atomic E-state index is 14.0. The molecule has 9 aromatic rings. The number of amides is 3. The SMILES string of the molecule is COCC(COC)N(C(=O)C1CCC(C)CC1)c1ccc(O)cc1C(=O)OC.COCC(COC)N(C(=O)C1CCC(C)CC1)c1ccc(Oc2cccc3ccccc23)cc1C(=O)O.COCC(COC)N(C(=O)C1CCC(C)CC1)c1ccc(Oc2cccc3ccccc23)cc1C(=O)OC.Ic1cccc2ccccc12. The fourth-order valence-corrected chi connectivity index (χ4v) is 16.1. The maximum Gasteiger partial charge on any atom is 0.340 e. The molecule has 0 unspecified atom stereocenters. The number of aromatic hydroxyl groups is 1. The number of benzene rings is 9. The second kappa shape index (κ2) is 44.4. The third-order valence-electron chi connectivity index (χ3n) is 21.5.